The fourth-order valence-electron chi connectivity index (χ4n) is 2.06. The van der Waals surface area contributed by atoms with Gasteiger partial charge in [0.05, 0.1) is 16.7 Å². The molecule has 0 atom stereocenters. The Hall–Kier alpha value is -2.86. The number of benzene rings is 2. The average Bonchev–Trinajstić information content (AvgIpc) is 2.57. The Morgan fingerprint density at radius 1 is 1.29 bits per heavy atom. The van der Waals surface area contributed by atoms with Crippen LogP contribution in [0.2, 0.25) is 5.02 Å². The van der Waals surface area contributed by atoms with Gasteiger partial charge in [-0.05, 0) is 18.2 Å². The molecule has 0 spiro atoms. The number of nitrogens with zero attached hydrogens (tertiary/aromatic N) is 1. The molecular formula is C15H10ClF3N2O6S. The first kappa shape index (κ1) is 21.4. The van der Waals surface area contributed by atoms with Crippen molar-refractivity contribution in [3.05, 3.63) is 62.4 Å². The van der Waals surface area contributed by atoms with E-state index in [1.807, 2.05) is 0 Å². The molecule has 0 bridgehead atoms. The highest BCUT2D eigenvalue weighted by molar-refractivity contribution is 7.89. The summed E-state index contributed by atoms with van der Waals surface area (Å²) in [6, 6.07) is 4.40. The second-order valence-corrected chi connectivity index (χ2v) is 7.45. The fourth-order valence-corrected chi connectivity index (χ4v) is 2.72. The Morgan fingerprint density at radius 3 is 2.46 bits per heavy atom. The molecule has 28 heavy (non-hydrogen) atoms. The fraction of sp³-hybridized carbons (Fsp3) is 0.133. The van der Waals surface area contributed by atoms with Crippen LogP contribution in [0.3, 0.4) is 0 Å². The van der Waals surface area contributed by atoms with E-state index < -0.39 is 60.7 Å². The van der Waals surface area contributed by atoms with Gasteiger partial charge < -0.3 is 4.74 Å². The quantitative estimate of drug-likeness (QED) is 0.541. The zero-order valence-corrected chi connectivity index (χ0v) is 15.4. The molecule has 2 rings (SSSR count). The Morgan fingerprint density at radius 2 is 1.93 bits per heavy atom. The van der Waals surface area contributed by atoms with Gasteiger partial charge in [0.1, 0.15) is 22.1 Å². The molecule has 2 aromatic carbocycles. The lowest BCUT2D eigenvalue weighted by atomic mass is 10.1. The van der Waals surface area contributed by atoms with Crippen LogP contribution >= 0.6 is 11.6 Å². The molecule has 0 saturated carbocycles. The molecule has 0 aliphatic carbocycles. The molecule has 150 valence electrons. The van der Waals surface area contributed by atoms with Gasteiger partial charge in [-0.3, -0.25) is 14.9 Å². The molecule has 1 amide bonds. The van der Waals surface area contributed by atoms with Crippen LogP contribution in [0.15, 0.2) is 30.3 Å². The van der Waals surface area contributed by atoms with Gasteiger partial charge in [-0.25, -0.2) is 26.3 Å². The van der Waals surface area contributed by atoms with E-state index in [1.165, 1.54) is 0 Å². The minimum atomic E-state index is -4.02. The summed E-state index contributed by atoms with van der Waals surface area (Å²) in [5.74, 6) is -3.36. The van der Waals surface area contributed by atoms with Crippen LogP contribution in [0.25, 0.3) is 0 Å². The van der Waals surface area contributed by atoms with Gasteiger partial charge in [0.15, 0.2) is 5.82 Å². The molecular weight excluding hydrogens is 429 g/mol. The lowest BCUT2D eigenvalue weighted by Crippen LogP contribution is -2.29. The summed E-state index contributed by atoms with van der Waals surface area (Å²) >= 11 is 5.66. The van der Waals surface area contributed by atoms with Crippen molar-refractivity contribution in [3.63, 3.8) is 0 Å². The maximum Gasteiger partial charge on any atom is 0.282 e. The van der Waals surface area contributed by atoms with Crippen LogP contribution in [0.1, 0.15) is 22.3 Å². The van der Waals surface area contributed by atoms with Gasteiger partial charge >= 0.3 is 0 Å². The van der Waals surface area contributed by atoms with Crippen molar-refractivity contribution in [1.29, 1.82) is 0 Å². The molecule has 0 heterocycles. The Kier molecular flexibility index (Phi) is 6.14. The van der Waals surface area contributed by atoms with Crippen molar-refractivity contribution in [2.45, 2.75) is 6.43 Å². The summed E-state index contributed by atoms with van der Waals surface area (Å²) in [6.07, 6.45) is -2.44. The van der Waals surface area contributed by atoms with Gasteiger partial charge in [0, 0.05) is 12.1 Å². The molecule has 0 fully saturated rings. The molecule has 1 N–H and O–H groups in total. The predicted octanol–water partition coefficient (Wildman–Crippen LogP) is 3.81. The molecule has 0 aliphatic heterocycles. The second-order valence-electron chi connectivity index (χ2n) is 5.32. The minimum absolute atomic E-state index is 0.254. The van der Waals surface area contributed by atoms with E-state index >= 15 is 0 Å². The first-order chi connectivity index (χ1) is 12.9. The number of halogens is 4. The highest BCUT2D eigenvalue weighted by Crippen LogP contribution is 2.37. The van der Waals surface area contributed by atoms with Crippen molar-refractivity contribution in [1.82, 2.24) is 4.72 Å². The van der Waals surface area contributed by atoms with Gasteiger partial charge in [0.25, 0.3) is 18.0 Å². The van der Waals surface area contributed by atoms with Crippen LogP contribution in [-0.2, 0) is 10.0 Å². The third-order valence-corrected chi connectivity index (χ3v) is 4.14. The number of carbonyl (C=O) groups is 1. The van der Waals surface area contributed by atoms with E-state index in [4.69, 9.17) is 16.3 Å². The SMILES string of the molecule is CS(=O)(=O)NC(=O)c1cc(Oc2ccc(C(F)F)c(F)c2Cl)ccc1[N+](=O)[O-]. The van der Waals surface area contributed by atoms with Gasteiger partial charge in [-0.1, -0.05) is 11.6 Å². The van der Waals surface area contributed by atoms with Gasteiger partial charge in [-0.2, -0.15) is 0 Å². The van der Waals surface area contributed by atoms with Crippen molar-refractivity contribution in [3.8, 4) is 11.5 Å². The third-order valence-electron chi connectivity index (χ3n) is 3.23. The number of amides is 1. The molecule has 2 aromatic rings. The number of alkyl halides is 2. The molecule has 0 aromatic heterocycles. The summed E-state index contributed by atoms with van der Waals surface area (Å²) in [5.41, 5.74) is -2.33. The average molecular weight is 439 g/mol. The number of nitrogens with one attached hydrogen (secondary N) is 1. The summed E-state index contributed by atoms with van der Waals surface area (Å²) < 4.78 is 68.4. The van der Waals surface area contributed by atoms with E-state index in [-0.39, 0.29) is 5.75 Å². The van der Waals surface area contributed by atoms with Gasteiger partial charge in [-0.15, -0.1) is 0 Å². The van der Waals surface area contributed by atoms with Crippen molar-refractivity contribution < 1.29 is 36.0 Å². The molecule has 13 heteroatoms. The number of carbonyl (C=O) groups excluding carboxylic acids is 1. The van der Waals surface area contributed by atoms with Gasteiger partial charge in [0.2, 0.25) is 10.0 Å². The van der Waals surface area contributed by atoms with E-state index in [1.54, 1.807) is 4.72 Å². The smallest absolute Gasteiger partial charge is 0.282 e. The number of nitro groups is 1. The Balaban J connectivity index is 2.45. The highest BCUT2D eigenvalue weighted by Gasteiger charge is 2.24. The van der Waals surface area contributed by atoms with Crippen molar-refractivity contribution in [2.75, 3.05) is 6.26 Å². The molecule has 8 nitrogen and oxygen atoms in total. The number of ether oxygens (including phenoxy) is 1. The zero-order chi connectivity index (χ0) is 21.2. The van der Waals surface area contributed by atoms with Crippen LogP contribution in [-0.4, -0.2) is 25.5 Å². The normalized spacial score (nSPS) is 11.4. The van der Waals surface area contributed by atoms with E-state index in [0.29, 0.717) is 6.26 Å². The number of hydrogen-bond acceptors (Lipinski definition) is 6. The Bertz CT molecular complexity index is 1060. The largest absolute Gasteiger partial charge is 0.456 e. The molecule has 0 unspecified atom stereocenters. The van der Waals surface area contributed by atoms with E-state index in [2.05, 4.69) is 0 Å². The van der Waals surface area contributed by atoms with Crippen LogP contribution in [0.4, 0.5) is 18.9 Å². The maximum absolute atomic E-state index is 13.9. The van der Waals surface area contributed by atoms with Crippen molar-refractivity contribution in [2.24, 2.45) is 0 Å². The lowest BCUT2D eigenvalue weighted by molar-refractivity contribution is -0.385. The standard InChI is InChI=1S/C15H10ClF3N2O6S/c1-28(25,26)20-15(22)9-6-7(2-4-10(9)21(23)24)27-11-5-3-8(14(18)19)13(17)12(11)16/h2-6,14H,1H3,(H,20,22). The molecule has 0 aliphatic rings. The molecule has 0 radical (unpaired) electrons. The first-order valence-electron chi connectivity index (χ1n) is 7.15. The van der Waals surface area contributed by atoms with Crippen LogP contribution in [0.5, 0.6) is 11.5 Å². The Labute approximate surface area is 161 Å². The molecule has 0 saturated heterocycles. The summed E-state index contributed by atoms with van der Waals surface area (Å²) in [4.78, 5) is 22.1. The summed E-state index contributed by atoms with van der Waals surface area (Å²) in [7, 11) is -4.02. The van der Waals surface area contributed by atoms with Crippen LogP contribution < -0.4 is 9.46 Å². The number of rotatable bonds is 6. The predicted molar refractivity (Wildman–Crippen MR) is 91.8 cm³/mol. The third kappa shape index (κ3) is 4.89. The number of nitro benzene ring substituents is 1. The van der Waals surface area contributed by atoms with Crippen molar-refractivity contribution >= 4 is 33.2 Å². The summed E-state index contributed by atoms with van der Waals surface area (Å²) in [6.45, 7) is 0. The maximum atomic E-state index is 13.9. The topological polar surface area (TPSA) is 116 Å². The van der Waals surface area contributed by atoms with Crippen LogP contribution in [0, 0.1) is 15.9 Å². The number of sulfonamides is 1. The first-order valence-corrected chi connectivity index (χ1v) is 9.42. The zero-order valence-electron chi connectivity index (χ0n) is 13.8. The minimum Gasteiger partial charge on any atom is -0.456 e. The lowest BCUT2D eigenvalue weighted by Gasteiger charge is -2.11. The number of hydrogen-bond donors (Lipinski definition) is 1. The highest BCUT2D eigenvalue weighted by atomic mass is 35.5. The van der Waals surface area contributed by atoms with E-state index in [9.17, 15) is 36.5 Å². The summed E-state index contributed by atoms with van der Waals surface area (Å²) in [5, 5.41) is 10.3. The van der Waals surface area contributed by atoms with E-state index in [0.717, 1.165) is 30.3 Å². The second kappa shape index (κ2) is 8.02. The monoisotopic (exact) mass is 438 g/mol.